The molecule has 1 heterocycles. The van der Waals surface area contributed by atoms with Crippen LogP contribution in [0.5, 0.6) is 0 Å². The minimum atomic E-state index is -3.63. The van der Waals surface area contributed by atoms with Gasteiger partial charge in [0.05, 0.1) is 10.9 Å². The molecule has 1 aromatic rings. The van der Waals surface area contributed by atoms with Gasteiger partial charge in [0.25, 0.3) is 0 Å². The first-order valence-corrected chi connectivity index (χ1v) is 11.0. The highest BCUT2D eigenvalue weighted by molar-refractivity contribution is 7.91. The molecular formula is C16H28ClNO3S2. The van der Waals surface area contributed by atoms with E-state index in [1.165, 1.54) is 18.9 Å². The number of sulfonamides is 1. The van der Waals surface area contributed by atoms with Crippen molar-refractivity contribution in [3.63, 3.8) is 0 Å². The normalized spacial score (nSPS) is 14.8. The highest BCUT2D eigenvalue weighted by Gasteiger charge is 2.27. The van der Waals surface area contributed by atoms with Crippen molar-refractivity contribution in [3.8, 4) is 0 Å². The highest BCUT2D eigenvalue weighted by atomic mass is 35.5. The van der Waals surface area contributed by atoms with Crippen molar-refractivity contribution in [2.75, 3.05) is 6.61 Å². The number of rotatable bonds is 12. The van der Waals surface area contributed by atoms with E-state index in [1.807, 2.05) is 0 Å². The van der Waals surface area contributed by atoms with Gasteiger partial charge in [0.15, 0.2) is 0 Å². The number of aliphatic hydroxyl groups is 1. The van der Waals surface area contributed by atoms with Gasteiger partial charge in [-0.05, 0) is 30.9 Å². The maximum Gasteiger partial charge on any atom is 0.250 e. The minimum Gasteiger partial charge on any atom is -0.395 e. The first-order valence-electron chi connectivity index (χ1n) is 8.33. The Morgan fingerprint density at radius 2 is 1.91 bits per heavy atom. The molecule has 1 rings (SSSR count). The van der Waals surface area contributed by atoms with Gasteiger partial charge in [-0.3, -0.25) is 0 Å². The lowest BCUT2D eigenvalue weighted by molar-refractivity contribution is 0.200. The Kier molecular flexibility index (Phi) is 9.70. The number of halogens is 1. The third-order valence-electron chi connectivity index (χ3n) is 3.97. The molecule has 2 unspecified atom stereocenters. The van der Waals surface area contributed by atoms with Crippen LogP contribution in [0.25, 0.3) is 0 Å². The SMILES string of the molecule is CCCCCCC(CCC)C(CO)NS(=O)(=O)c1ccc(Cl)s1. The molecule has 0 aliphatic carbocycles. The van der Waals surface area contributed by atoms with E-state index in [0.29, 0.717) is 4.34 Å². The van der Waals surface area contributed by atoms with Crippen LogP contribution in [0, 0.1) is 5.92 Å². The van der Waals surface area contributed by atoms with Gasteiger partial charge >= 0.3 is 0 Å². The second-order valence-corrected chi connectivity index (χ2v) is 9.52. The number of unbranched alkanes of at least 4 members (excludes halogenated alkanes) is 3. The van der Waals surface area contributed by atoms with Crippen molar-refractivity contribution >= 4 is 33.0 Å². The zero-order valence-electron chi connectivity index (χ0n) is 13.9. The lowest BCUT2D eigenvalue weighted by atomic mass is 9.90. The second-order valence-electron chi connectivity index (χ2n) is 5.87. The molecule has 0 saturated heterocycles. The number of thiophene rings is 1. The van der Waals surface area contributed by atoms with Crippen molar-refractivity contribution in [3.05, 3.63) is 16.5 Å². The van der Waals surface area contributed by atoms with E-state index >= 15 is 0 Å². The quantitative estimate of drug-likeness (QED) is 0.526. The van der Waals surface area contributed by atoms with Gasteiger partial charge in [0.1, 0.15) is 4.21 Å². The number of hydrogen-bond donors (Lipinski definition) is 2. The summed E-state index contributed by atoms with van der Waals surface area (Å²) in [6.07, 6.45) is 7.42. The summed E-state index contributed by atoms with van der Waals surface area (Å²) in [5.41, 5.74) is 0. The van der Waals surface area contributed by atoms with Crippen LogP contribution in [0.4, 0.5) is 0 Å². The van der Waals surface area contributed by atoms with Crippen molar-refractivity contribution in [2.24, 2.45) is 5.92 Å². The van der Waals surface area contributed by atoms with Crippen LogP contribution in [-0.2, 0) is 10.0 Å². The monoisotopic (exact) mass is 381 g/mol. The Balaban J connectivity index is 2.73. The lowest BCUT2D eigenvalue weighted by Gasteiger charge is -2.26. The van der Waals surface area contributed by atoms with E-state index in [-0.39, 0.29) is 16.7 Å². The fourth-order valence-corrected chi connectivity index (χ4v) is 5.53. The Bertz CT molecular complexity index is 545. The molecule has 2 atom stereocenters. The molecule has 0 saturated carbocycles. The molecule has 134 valence electrons. The molecule has 23 heavy (non-hydrogen) atoms. The average molecular weight is 382 g/mol. The van der Waals surface area contributed by atoms with Crippen LogP contribution in [0.15, 0.2) is 16.3 Å². The fourth-order valence-electron chi connectivity index (χ4n) is 2.73. The van der Waals surface area contributed by atoms with E-state index in [9.17, 15) is 13.5 Å². The smallest absolute Gasteiger partial charge is 0.250 e. The number of nitrogens with one attached hydrogen (secondary N) is 1. The van der Waals surface area contributed by atoms with Crippen LogP contribution in [0.3, 0.4) is 0 Å². The molecule has 0 bridgehead atoms. The van der Waals surface area contributed by atoms with Gasteiger partial charge in [-0.1, -0.05) is 57.6 Å². The molecule has 4 nitrogen and oxygen atoms in total. The topological polar surface area (TPSA) is 66.4 Å². The summed E-state index contributed by atoms with van der Waals surface area (Å²) in [5.74, 6) is 0.159. The standard InChI is InChI=1S/C16H28ClNO3S2/c1-3-5-6-7-9-13(8-4-2)14(12-19)18-23(20,21)16-11-10-15(17)22-16/h10-11,13-14,18-19H,3-9,12H2,1-2H3. The van der Waals surface area contributed by atoms with E-state index in [2.05, 4.69) is 18.6 Å². The predicted octanol–water partition coefficient (Wildman–Crippen LogP) is 4.43. The van der Waals surface area contributed by atoms with Crippen molar-refractivity contribution < 1.29 is 13.5 Å². The summed E-state index contributed by atoms with van der Waals surface area (Å²) in [6.45, 7) is 4.07. The maximum absolute atomic E-state index is 12.4. The molecule has 1 aromatic heterocycles. The highest BCUT2D eigenvalue weighted by Crippen LogP contribution is 2.27. The lowest BCUT2D eigenvalue weighted by Crippen LogP contribution is -2.42. The zero-order valence-corrected chi connectivity index (χ0v) is 16.3. The minimum absolute atomic E-state index is 0.159. The third-order valence-corrected chi connectivity index (χ3v) is 7.19. The van der Waals surface area contributed by atoms with E-state index in [1.54, 1.807) is 6.07 Å². The third kappa shape index (κ3) is 7.10. The van der Waals surface area contributed by atoms with Crippen molar-refractivity contribution in [2.45, 2.75) is 69.0 Å². The zero-order chi connectivity index (χ0) is 17.3. The van der Waals surface area contributed by atoms with Gasteiger partial charge < -0.3 is 5.11 Å². The molecule has 7 heteroatoms. The first-order chi connectivity index (χ1) is 10.9. The maximum atomic E-state index is 12.4. The van der Waals surface area contributed by atoms with Gasteiger partial charge in [-0.2, -0.15) is 0 Å². The van der Waals surface area contributed by atoms with Crippen LogP contribution < -0.4 is 4.72 Å². The summed E-state index contributed by atoms with van der Waals surface area (Å²) in [4.78, 5) is 0. The summed E-state index contributed by atoms with van der Waals surface area (Å²) >= 11 is 6.85. The van der Waals surface area contributed by atoms with Crippen LogP contribution in [-0.4, -0.2) is 26.2 Å². The van der Waals surface area contributed by atoms with Crippen LogP contribution in [0.1, 0.15) is 58.8 Å². The van der Waals surface area contributed by atoms with E-state index in [4.69, 9.17) is 11.6 Å². The molecule has 0 aromatic carbocycles. The van der Waals surface area contributed by atoms with Gasteiger partial charge in [0.2, 0.25) is 10.0 Å². The fraction of sp³-hybridized carbons (Fsp3) is 0.750. The summed E-state index contributed by atoms with van der Waals surface area (Å²) in [5, 5.41) is 9.69. The Labute approximate surface area is 149 Å². The number of aliphatic hydroxyl groups excluding tert-OH is 1. The summed E-state index contributed by atoms with van der Waals surface area (Å²) in [6, 6.07) is 2.63. The predicted molar refractivity (Wildman–Crippen MR) is 97.7 cm³/mol. The summed E-state index contributed by atoms with van der Waals surface area (Å²) < 4.78 is 28.2. The Morgan fingerprint density at radius 1 is 1.17 bits per heavy atom. The Hall–Kier alpha value is -0.140. The van der Waals surface area contributed by atoms with Crippen LogP contribution in [0.2, 0.25) is 4.34 Å². The van der Waals surface area contributed by atoms with Crippen molar-refractivity contribution in [1.82, 2.24) is 4.72 Å². The van der Waals surface area contributed by atoms with Gasteiger partial charge in [0, 0.05) is 6.04 Å². The van der Waals surface area contributed by atoms with Gasteiger partial charge in [-0.15, -0.1) is 11.3 Å². The largest absolute Gasteiger partial charge is 0.395 e. The van der Waals surface area contributed by atoms with Crippen molar-refractivity contribution in [1.29, 1.82) is 0 Å². The molecule has 0 aliphatic heterocycles. The molecule has 2 N–H and O–H groups in total. The molecule has 0 amide bonds. The van der Waals surface area contributed by atoms with E-state index in [0.717, 1.165) is 43.4 Å². The molecule has 0 radical (unpaired) electrons. The average Bonchev–Trinajstić information content (AvgIpc) is 2.96. The van der Waals surface area contributed by atoms with Crippen LogP contribution >= 0.6 is 22.9 Å². The molecule has 0 fully saturated rings. The second kappa shape index (κ2) is 10.7. The van der Waals surface area contributed by atoms with E-state index < -0.39 is 16.1 Å². The van der Waals surface area contributed by atoms with Gasteiger partial charge in [-0.25, -0.2) is 13.1 Å². The molecular weight excluding hydrogens is 354 g/mol. The Morgan fingerprint density at radius 3 is 2.43 bits per heavy atom. The summed E-state index contributed by atoms with van der Waals surface area (Å²) in [7, 11) is -3.63. The first kappa shape index (κ1) is 20.9. The molecule has 0 spiro atoms. The number of hydrogen-bond acceptors (Lipinski definition) is 4. The molecule has 0 aliphatic rings.